The van der Waals surface area contributed by atoms with Crippen molar-refractivity contribution in [2.24, 2.45) is 0 Å². The second-order valence-electron chi connectivity index (χ2n) is 4.37. The third-order valence-corrected chi connectivity index (χ3v) is 4.18. The van der Waals surface area contributed by atoms with Crippen molar-refractivity contribution in [1.29, 1.82) is 0 Å². The molecule has 0 aliphatic rings. The minimum Gasteiger partial charge on any atom is -0.298 e. The first kappa shape index (κ1) is 15.4. The largest absolute Gasteiger partial charge is 0.298 e. The number of ketones is 1. The van der Waals surface area contributed by atoms with E-state index < -0.39 is 39.8 Å². The molecule has 6 heteroatoms. The summed E-state index contributed by atoms with van der Waals surface area (Å²) in [6.07, 6.45) is -0.221. The summed E-state index contributed by atoms with van der Waals surface area (Å²) in [6.45, 7) is 0. The molecule has 0 N–H and O–H groups in total. The zero-order valence-electron chi connectivity index (χ0n) is 10.8. The summed E-state index contributed by atoms with van der Waals surface area (Å²) in [5.74, 6) is -3.21. The summed E-state index contributed by atoms with van der Waals surface area (Å²) >= 11 is 0. The Labute approximate surface area is 122 Å². The minimum absolute atomic E-state index is 0.194. The van der Waals surface area contributed by atoms with Crippen LogP contribution >= 0.6 is 0 Å². The third kappa shape index (κ3) is 4.01. The average Bonchev–Trinajstić information content (AvgIpc) is 2.41. The lowest BCUT2D eigenvalue weighted by molar-refractivity contribution is -0.116. The Kier molecular flexibility index (Phi) is 4.90. The second kappa shape index (κ2) is 6.67. The van der Waals surface area contributed by atoms with Gasteiger partial charge >= 0.3 is 0 Å². The second-order valence-corrected chi connectivity index (χ2v) is 5.79. The number of benzene rings is 2. The highest BCUT2D eigenvalue weighted by atomic mass is 32.2. The molecule has 2 nitrogen and oxygen atoms in total. The van der Waals surface area contributed by atoms with Crippen molar-refractivity contribution in [2.75, 3.05) is 5.75 Å². The number of hydrogen-bond donors (Lipinski definition) is 0. The van der Waals surface area contributed by atoms with Gasteiger partial charge in [-0.2, -0.15) is 0 Å². The third-order valence-electron chi connectivity index (χ3n) is 2.78. The molecule has 2 rings (SSSR count). The molecular formula is C15H11F3O2S. The molecule has 0 bridgehead atoms. The van der Waals surface area contributed by atoms with Crippen LogP contribution in [0.25, 0.3) is 0 Å². The molecule has 2 aromatic carbocycles. The van der Waals surface area contributed by atoms with Crippen LogP contribution in [0.15, 0.2) is 47.4 Å². The van der Waals surface area contributed by atoms with Crippen LogP contribution in [0.3, 0.4) is 0 Å². The van der Waals surface area contributed by atoms with Gasteiger partial charge in [-0.1, -0.05) is 18.2 Å². The lowest BCUT2D eigenvalue weighted by Crippen LogP contribution is -2.15. The summed E-state index contributed by atoms with van der Waals surface area (Å²) in [6, 6.07) is 8.37. The van der Waals surface area contributed by atoms with E-state index >= 15 is 0 Å². The fraction of sp³-hybridized carbons (Fsp3) is 0.133. The van der Waals surface area contributed by atoms with Crippen molar-refractivity contribution in [1.82, 2.24) is 0 Å². The van der Waals surface area contributed by atoms with Crippen LogP contribution in [-0.2, 0) is 22.0 Å². The Morgan fingerprint density at radius 2 is 1.71 bits per heavy atom. The van der Waals surface area contributed by atoms with Crippen molar-refractivity contribution in [2.45, 2.75) is 11.3 Å². The van der Waals surface area contributed by atoms with E-state index in [-0.39, 0.29) is 16.9 Å². The van der Waals surface area contributed by atoms with Gasteiger partial charge in [-0.25, -0.2) is 13.2 Å². The summed E-state index contributed by atoms with van der Waals surface area (Å²) in [7, 11) is -1.93. The van der Waals surface area contributed by atoms with E-state index in [2.05, 4.69) is 0 Å². The van der Waals surface area contributed by atoms with Crippen LogP contribution in [0.2, 0.25) is 0 Å². The van der Waals surface area contributed by atoms with E-state index in [9.17, 15) is 22.2 Å². The first-order valence-corrected chi connectivity index (χ1v) is 7.38. The van der Waals surface area contributed by atoms with Gasteiger partial charge in [-0.15, -0.1) is 0 Å². The lowest BCUT2D eigenvalue weighted by Gasteiger charge is -2.04. The molecule has 0 aliphatic heterocycles. The molecule has 21 heavy (non-hydrogen) atoms. The number of hydrogen-bond acceptors (Lipinski definition) is 2. The van der Waals surface area contributed by atoms with Crippen LogP contribution in [0.1, 0.15) is 5.56 Å². The molecule has 0 amide bonds. The molecule has 0 aromatic heterocycles. The molecular weight excluding hydrogens is 301 g/mol. The molecule has 0 radical (unpaired) electrons. The summed E-state index contributed by atoms with van der Waals surface area (Å²) in [5, 5.41) is 0. The maximum atomic E-state index is 13.4. The minimum atomic E-state index is -1.93. The van der Waals surface area contributed by atoms with E-state index in [0.717, 1.165) is 12.1 Å². The monoisotopic (exact) mass is 312 g/mol. The Morgan fingerprint density at radius 3 is 2.38 bits per heavy atom. The van der Waals surface area contributed by atoms with Crippen molar-refractivity contribution >= 4 is 16.6 Å². The molecule has 0 fully saturated rings. The zero-order valence-corrected chi connectivity index (χ0v) is 11.6. The molecule has 0 spiro atoms. The molecule has 1 atom stereocenters. The van der Waals surface area contributed by atoms with Crippen molar-refractivity contribution in [3.05, 3.63) is 65.5 Å². The molecule has 110 valence electrons. The number of Topliss-reactive ketones (excluding diaryl/α,β-unsaturated/α-hetero) is 1. The predicted octanol–water partition coefficient (Wildman–Crippen LogP) is 3.02. The van der Waals surface area contributed by atoms with Gasteiger partial charge in [-0.05, 0) is 23.8 Å². The Bertz CT molecular complexity index is 701. The zero-order chi connectivity index (χ0) is 15.4. The average molecular weight is 312 g/mol. The Morgan fingerprint density at radius 1 is 1.00 bits per heavy atom. The highest BCUT2D eigenvalue weighted by Crippen LogP contribution is 2.15. The van der Waals surface area contributed by atoms with E-state index in [1.54, 1.807) is 6.07 Å². The Balaban J connectivity index is 2.06. The van der Waals surface area contributed by atoms with Gasteiger partial charge in [0.15, 0.2) is 0 Å². The molecule has 0 saturated carbocycles. The molecule has 0 saturated heterocycles. The van der Waals surface area contributed by atoms with Crippen molar-refractivity contribution in [3.63, 3.8) is 0 Å². The fourth-order valence-corrected chi connectivity index (χ4v) is 2.84. The van der Waals surface area contributed by atoms with Gasteiger partial charge in [-0.3, -0.25) is 9.00 Å². The number of halogens is 3. The normalized spacial score (nSPS) is 12.1. The fourth-order valence-electron chi connectivity index (χ4n) is 1.79. The van der Waals surface area contributed by atoms with Gasteiger partial charge in [0.05, 0.1) is 21.4 Å². The van der Waals surface area contributed by atoms with Gasteiger partial charge in [0, 0.05) is 12.5 Å². The number of carbonyl (C=O) groups excluding carboxylic acids is 1. The molecule has 0 heterocycles. The lowest BCUT2D eigenvalue weighted by atomic mass is 10.1. The van der Waals surface area contributed by atoms with Gasteiger partial charge in [0.1, 0.15) is 23.2 Å². The van der Waals surface area contributed by atoms with Crippen LogP contribution in [0, 0.1) is 17.5 Å². The van der Waals surface area contributed by atoms with Gasteiger partial charge in [0.25, 0.3) is 0 Å². The predicted molar refractivity (Wildman–Crippen MR) is 72.7 cm³/mol. The summed E-state index contributed by atoms with van der Waals surface area (Å²) in [4.78, 5) is 11.5. The van der Waals surface area contributed by atoms with Crippen molar-refractivity contribution in [3.8, 4) is 0 Å². The Hall–Kier alpha value is -1.95. The van der Waals surface area contributed by atoms with E-state index in [4.69, 9.17) is 0 Å². The highest BCUT2D eigenvalue weighted by Gasteiger charge is 2.16. The van der Waals surface area contributed by atoms with Crippen LogP contribution in [0.5, 0.6) is 0 Å². The maximum Gasteiger partial charge on any atom is 0.150 e. The highest BCUT2D eigenvalue weighted by molar-refractivity contribution is 7.85. The van der Waals surface area contributed by atoms with E-state index in [1.807, 2.05) is 0 Å². The van der Waals surface area contributed by atoms with Crippen molar-refractivity contribution < 1.29 is 22.2 Å². The quantitative estimate of drug-likeness (QED) is 0.850. The van der Waals surface area contributed by atoms with Gasteiger partial charge in [0.2, 0.25) is 0 Å². The summed E-state index contributed by atoms with van der Waals surface area (Å²) < 4.78 is 51.5. The topological polar surface area (TPSA) is 34.1 Å². The first-order valence-electron chi connectivity index (χ1n) is 6.06. The van der Waals surface area contributed by atoms with Crippen LogP contribution in [0.4, 0.5) is 13.2 Å². The van der Waals surface area contributed by atoms with Crippen LogP contribution in [-0.4, -0.2) is 15.7 Å². The molecule has 2 aromatic rings. The standard InChI is InChI=1S/C15H11F3O2S/c16-11-5-6-15(14(18)8-11)21(20)9-12(19)7-10-3-1-2-4-13(10)17/h1-6,8H,7,9H2. The maximum absolute atomic E-state index is 13.4. The van der Waals surface area contributed by atoms with Gasteiger partial charge < -0.3 is 0 Å². The van der Waals surface area contributed by atoms with E-state index in [0.29, 0.717) is 6.07 Å². The molecule has 0 aliphatic carbocycles. The first-order chi connectivity index (χ1) is 9.97. The SMILES string of the molecule is O=C(Cc1ccccc1F)CS(=O)c1ccc(F)cc1F. The smallest absolute Gasteiger partial charge is 0.150 e. The number of rotatable bonds is 5. The van der Waals surface area contributed by atoms with Crippen LogP contribution < -0.4 is 0 Å². The van der Waals surface area contributed by atoms with E-state index in [1.165, 1.54) is 18.2 Å². The number of carbonyl (C=O) groups is 1. The molecule has 1 unspecified atom stereocenters. The summed E-state index contributed by atoms with van der Waals surface area (Å²) in [5.41, 5.74) is 0.194.